The highest BCUT2D eigenvalue weighted by Crippen LogP contribution is 2.35. The summed E-state index contributed by atoms with van der Waals surface area (Å²) in [6.45, 7) is 6.69. The standard InChI is InChI=1S/C23H28Cl3N3O4S/c1-14(2)27-23(31)16(4)28(12-17-8-6-15(3)7-9-17)22(30)13-29(34(5,32)33)21-11-19(25)18(24)10-20(21)26/h6-11,14,16H,12-13H2,1-5H3,(H,27,31)/t16-/m1/s1. The Bertz CT molecular complexity index is 1150. The van der Waals surface area contributed by atoms with Crippen LogP contribution in [-0.2, 0) is 26.2 Å². The van der Waals surface area contributed by atoms with Gasteiger partial charge in [-0.3, -0.25) is 13.9 Å². The van der Waals surface area contributed by atoms with Gasteiger partial charge in [0, 0.05) is 12.6 Å². The second kappa shape index (κ2) is 11.6. The van der Waals surface area contributed by atoms with Crippen LogP contribution < -0.4 is 9.62 Å². The largest absolute Gasteiger partial charge is 0.352 e. The van der Waals surface area contributed by atoms with E-state index in [4.69, 9.17) is 34.8 Å². The van der Waals surface area contributed by atoms with E-state index in [1.54, 1.807) is 6.92 Å². The minimum atomic E-state index is -3.94. The minimum absolute atomic E-state index is 0.0153. The lowest BCUT2D eigenvalue weighted by atomic mass is 10.1. The van der Waals surface area contributed by atoms with E-state index in [0.717, 1.165) is 21.7 Å². The molecule has 0 heterocycles. The highest BCUT2D eigenvalue weighted by molar-refractivity contribution is 7.92. The number of nitrogens with one attached hydrogen (secondary N) is 1. The number of carbonyl (C=O) groups excluding carboxylic acids is 2. The van der Waals surface area contributed by atoms with E-state index in [-0.39, 0.29) is 39.2 Å². The molecule has 0 radical (unpaired) electrons. The van der Waals surface area contributed by atoms with Gasteiger partial charge in [0.1, 0.15) is 12.6 Å². The molecule has 0 aliphatic carbocycles. The summed E-state index contributed by atoms with van der Waals surface area (Å²) in [5.41, 5.74) is 1.85. The molecule has 0 saturated carbocycles. The van der Waals surface area contributed by atoms with Crippen LogP contribution in [0.15, 0.2) is 36.4 Å². The summed E-state index contributed by atoms with van der Waals surface area (Å²) in [4.78, 5) is 27.6. The third-order valence-corrected chi connectivity index (χ3v) is 7.16. The molecule has 0 aromatic heterocycles. The maximum atomic E-state index is 13.5. The van der Waals surface area contributed by atoms with E-state index in [9.17, 15) is 18.0 Å². The molecule has 0 aliphatic heterocycles. The summed E-state index contributed by atoms with van der Waals surface area (Å²) >= 11 is 18.3. The molecule has 11 heteroatoms. The van der Waals surface area contributed by atoms with Gasteiger partial charge >= 0.3 is 0 Å². The average molecular weight is 549 g/mol. The quantitative estimate of drug-likeness (QED) is 0.462. The molecular formula is C23H28Cl3N3O4S. The first-order valence-corrected chi connectivity index (χ1v) is 13.5. The van der Waals surface area contributed by atoms with Crippen molar-refractivity contribution in [1.82, 2.24) is 10.2 Å². The first kappa shape index (κ1) is 28.2. The van der Waals surface area contributed by atoms with Gasteiger partial charge < -0.3 is 10.2 Å². The molecule has 0 spiro atoms. The second-order valence-electron chi connectivity index (χ2n) is 8.33. The highest BCUT2D eigenvalue weighted by Gasteiger charge is 2.31. The predicted octanol–water partition coefficient (Wildman–Crippen LogP) is 4.66. The molecule has 0 unspecified atom stereocenters. The molecule has 1 N–H and O–H groups in total. The van der Waals surface area contributed by atoms with Gasteiger partial charge in [-0.05, 0) is 45.4 Å². The fraction of sp³-hybridized carbons (Fsp3) is 0.391. The third-order valence-electron chi connectivity index (χ3n) is 5.01. The van der Waals surface area contributed by atoms with Crippen LogP contribution in [0.5, 0.6) is 0 Å². The van der Waals surface area contributed by atoms with Crippen LogP contribution in [0.3, 0.4) is 0 Å². The van der Waals surface area contributed by atoms with Gasteiger partial charge in [0.2, 0.25) is 21.8 Å². The van der Waals surface area contributed by atoms with Gasteiger partial charge in [-0.15, -0.1) is 0 Å². The number of halogens is 3. The van der Waals surface area contributed by atoms with Crippen LogP contribution in [-0.4, -0.2) is 50.0 Å². The number of hydrogen-bond donors (Lipinski definition) is 1. The van der Waals surface area contributed by atoms with Crippen LogP contribution in [0.1, 0.15) is 31.9 Å². The molecular weight excluding hydrogens is 521 g/mol. The maximum Gasteiger partial charge on any atom is 0.244 e. The smallest absolute Gasteiger partial charge is 0.244 e. The fourth-order valence-electron chi connectivity index (χ4n) is 3.18. The third kappa shape index (κ3) is 7.50. The normalized spacial score (nSPS) is 12.4. The van der Waals surface area contributed by atoms with Gasteiger partial charge in [0.25, 0.3) is 0 Å². The summed E-state index contributed by atoms with van der Waals surface area (Å²) in [7, 11) is -3.94. The Balaban J connectivity index is 2.45. The van der Waals surface area contributed by atoms with Crippen LogP contribution in [0.2, 0.25) is 15.1 Å². The lowest BCUT2D eigenvalue weighted by Gasteiger charge is -2.32. The van der Waals surface area contributed by atoms with Gasteiger partial charge in [0.05, 0.1) is 27.0 Å². The van der Waals surface area contributed by atoms with E-state index in [1.807, 2.05) is 45.0 Å². The molecule has 0 bridgehead atoms. The maximum absolute atomic E-state index is 13.5. The zero-order valence-corrected chi connectivity index (χ0v) is 22.7. The summed E-state index contributed by atoms with van der Waals surface area (Å²) < 4.78 is 26.1. The first-order chi connectivity index (χ1) is 15.7. The monoisotopic (exact) mass is 547 g/mol. The number of sulfonamides is 1. The number of hydrogen-bond acceptors (Lipinski definition) is 4. The zero-order valence-electron chi connectivity index (χ0n) is 19.6. The van der Waals surface area contributed by atoms with E-state index in [2.05, 4.69) is 5.32 Å². The number of carbonyl (C=O) groups is 2. The zero-order chi connectivity index (χ0) is 25.8. The number of anilines is 1. The van der Waals surface area contributed by atoms with Crippen molar-refractivity contribution < 1.29 is 18.0 Å². The molecule has 2 aromatic rings. The van der Waals surface area contributed by atoms with Crippen LogP contribution >= 0.6 is 34.8 Å². The lowest BCUT2D eigenvalue weighted by molar-refractivity contribution is -0.139. The summed E-state index contributed by atoms with van der Waals surface area (Å²) in [6, 6.07) is 9.12. The van der Waals surface area contributed by atoms with Gasteiger partial charge in [-0.1, -0.05) is 64.6 Å². The summed E-state index contributed by atoms with van der Waals surface area (Å²) in [5.74, 6) is -0.937. The Morgan fingerprint density at radius 3 is 2.06 bits per heavy atom. The average Bonchev–Trinajstić information content (AvgIpc) is 2.72. The van der Waals surface area contributed by atoms with Crippen molar-refractivity contribution in [3.8, 4) is 0 Å². The lowest BCUT2D eigenvalue weighted by Crippen LogP contribution is -2.52. The Labute approximate surface area is 216 Å². The summed E-state index contributed by atoms with van der Waals surface area (Å²) in [6.07, 6.45) is 0.957. The second-order valence-corrected chi connectivity index (χ2v) is 11.5. The van der Waals surface area contributed by atoms with Crippen LogP contribution in [0.25, 0.3) is 0 Å². The molecule has 2 aromatic carbocycles. The molecule has 0 saturated heterocycles. The van der Waals surface area contributed by atoms with Crippen molar-refractivity contribution in [3.63, 3.8) is 0 Å². The van der Waals surface area contributed by atoms with E-state index in [1.165, 1.54) is 17.0 Å². The van der Waals surface area contributed by atoms with E-state index >= 15 is 0 Å². The fourth-order valence-corrected chi connectivity index (χ4v) is 4.72. The molecule has 34 heavy (non-hydrogen) atoms. The van der Waals surface area contributed by atoms with Crippen LogP contribution in [0.4, 0.5) is 5.69 Å². The SMILES string of the molecule is Cc1ccc(CN(C(=O)CN(c2cc(Cl)c(Cl)cc2Cl)S(C)(=O)=O)[C@H](C)C(=O)NC(C)C)cc1. The number of amides is 2. The molecule has 186 valence electrons. The molecule has 7 nitrogen and oxygen atoms in total. The predicted molar refractivity (Wildman–Crippen MR) is 138 cm³/mol. The van der Waals surface area contributed by atoms with Crippen molar-refractivity contribution in [1.29, 1.82) is 0 Å². The number of nitrogens with zero attached hydrogens (tertiary/aromatic N) is 2. The highest BCUT2D eigenvalue weighted by atomic mass is 35.5. The van der Waals surface area contributed by atoms with Gasteiger partial charge in [-0.25, -0.2) is 8.42 Å². The molecule has 2 amide bonds. The summed E-state index contributed by atoms with van der Waals surface area (Å²) in [5, 5.41) is 3.04. The Hall–Kier alpha value is -2.00. The minimum Gasteiger partial charge on any atom is -0.352 e. The van der Waals surface area contributed by atoms with E-state index in [0.29, 0.717) is 0 Å². The number of aryl methyl sites for hydroxylation is 1. The topological polar surface area (TPSA) is 86.8 Å². The van der Waals surface area contributed by atoms with E-state index < -0.39 is 28.5 Å². The van der Waals surface area contributed by atoms with Gasteiger partial charge in [-0.2, -0.15) is 0 Å². The molecule has 0 aliphatic rings. The first-order valence-electron chi connectivity index (χ1n) is 10.5. The van der Waals surface area contributed by atoms with Crippen molar-refractivity contribution in [2.24, 2.45) is 0 Å². The van der Waals surface area contributed by atoms with Crippen molar-refractivity contribution >= 4 is 62.3 Å². The Kier molecular flexibility index (Phi) is 9.65. The van der Waals surface area contributed by atoms with Crippen molar-refractivity contribution in [2.45, 2.75) is 46.3 Å². The van der Waals surface area contributed by atoms with Crippen LogP contribution in [0, 0.1) is 6.92 Å². The number of benzene rings is 2. The molecule has 1 atom stereocenters. The molecule has 0 fully saturated rings. The van der Waals surface area contributed by atoms with Crippen molar-refractivity contribution in [2.75, 3.05) is 17.1 Å². The Morgan fingerprint density at radius 1 is 0.971 bits per heavy atom. The number of rotatable bonds is 9. The van der Waals surface area contributed by atoms with Crippen molar-refractivity contribution in [3.05, 3.63) is 62.6 Å². The van der Waals surface area contributed by atoms with Gasteiger partial charge in [0.15, 0.2) is 0 Å². The Morgan fingerprint density at radius 2 is 1.53 bits per heavy atom. The molecule has 2 rings (SSSR count).